The number of thioether (sulfide) groups is 3. The zero-order valence-corrected chi connectivity index (χ0v) is 76.5. The number of carboxylic acid groups (broad SMARTS) is 1. The molecule has 18 amide bonds. The number of aliphatic hydroxyl groups is 1. The average molecular weight is 1860 g/mol. The number of para-hydroxylation sites is 1. The van der Waals surface area contributed by atoms with Crippen molar-refractivity contribution in [2.24, 2.45) is 23.7 Å². The molecule has 41 nitrogen and oxygen atoms in total. The molecule has 5 rings (SSSR count). The fourth-order valence-electron chi connectivity index (χ4n) is 12.4. The molecule has 0 aliphatic carbocycles. The first-order valence-electron chi connectivity index (χ1n) is 40.1. The summed E-state index contributed by atoms with van der Waals surface area (Å²) in [6.07, 6.45) is 1.04. The van der Waals surface area contributed by atoms with Crippen LogP contribution in [-0.2, 0) is 135 Å². The summed E-state index contributed by atoms with van der Waals surface area (Å²) in [5.74, 6) is -25.5. The molecular formula is C78H117N19O22S3Y-2. The summed E-state index contributed by atoms with van der Waals surface area (Å²) in [6, 6.07) is -19.0. The number of aliphatic carboxylic acids is 1. The minimum absolute atomic E-state index is 0. The molecule has 3 aliphatic rings. The van der Waals surface area contributed by atoms with Gasteiger partial charge in [-0.15, -0.1) is 0 Å². The Hall–Kier alpha value is -9.53. The molecule has 2 bridgehead atoms. The molecule has 3 aliphatic heterocycles. The normalized spacial score (nSPS) is 28.0. The zero-order chi connectivity index (χ0) is 91.3. The van der Waals surface area contributed by atoms with Crippen LogP contribution in [0.15, 0.2) is 30.5 Å². The van der Waals surface area contributed by atoms with Gasteiger partial charge in [0, 0.05) is 102 Å². The van der Waals surface area contributed by atoms with Crippen molar-refractivity contribution in [2.75, 3.05) is 42.7 Å². The number of carboxylic acids is 1. The van der Waals surface area contributed by atoms with E-state index in [2.05, 4.69) is 108 Å². The van der Waals surface area contributed by atoms with Crippen molar-refractivity contribution in [3.63, 3.8) is 0 Å². The van der Waals surface area contributed by atoms with Crippen molar-refractivity contribution in [1.29, 1.82) is 0 Å². The van der Waals surface area contributed by atoms with Crippen molar-refractivity contribution in [3.05, 3.63) is 49.4 Å². The number of carbonyl (C=O) groups excluding carboxylic acids is 19. The number of benzene rings is 1. The quantitative estimate of drug-likeness (QED) is 0.0461. The number of carbonyl (C=O) groups is 20. The second kappa shape index (κ2) is 51.0. The molecule has 1 radical (unpaired) electrons. The average Bonchev–Trinajstić information content (AvgIpc) is 1.75. The molecule has 1 aromatic carbocycles. The van der Waals surface area contributed by atoms with Crippen LogP contribution in [-0.4, -0.2) is 283 Å². The monoisotopic (exact) mass is 1860 g/mol. The van der Waals surface area contributed by atoms with Crippen LogP contribution in [0.1, 0.15) is 128 Å². The van der Waals surface area contributed by atoms with Crippen molar-refractivity contribution >= 4 is 164 Å². The standard InChI is InChI=1S/C78H117N19O22S3.Y/c1-16-36(7)60-76(117)88-49(22-23-58(102)103)70(111)92-54-32-121-43(14)61(97-74(115)53-31-120-30-37(8)63(104)90-52(29-98)67(108)80-28-57(101)87-51(72(113)94-59(35(5)6)75(116)93-53)25-45-26-79-48-21-19-18-20-46(45)48)77(118)89-50(24-34(3)4)71(112)96-62(78(119)95-60)44(15)122-33-55(73(114)85-39(10)64(105)82-38(9)42(13)99)91-66(107)41(12)83-65(106)40(11)84-69(110)47(17-2)86-56(100)27-81-68(54)109;/h17-21,26,34-41,43-44,47,49-55,59-62,79,98H,9,16,22-25,27-33H2,1-8,10-15H3,(H,80,108)(H,81,109)(H,82,105)(H,83,106)(H,84,110)(H,85,114)(H,86,100)(H,87,101)(H,88,117)(H,89,118)(H,90,104)(H,91,107)(H,92,111)(H,93,116)(H,94,113)(H,95,119)(H,96,112)(H,97,115)(H,102,103);/q-2;/t36?,37-,38-,39-,40-,41-,43-,44-,47-,49-,50-,51-,52-,53-,54-,55-,59-,60-,61+,62+;/m0./s1. The van der Waals surface area contributed by atoms with Crippen LogP contribution in [0.2, 0.25) is 0 Å². The summed E-state index contributed by atoms with van der Waals surface area (Å²) in [6.45, 7) is 21.0. The van der Waals surface area contributed by atoms with Gasteiger partial charge in [0.2, 0.25) is 106 Å². The number of nitrogens with one attached hydrogen (secondary N) is 19. The molecule has 1 aromatic heterocycles. The van der Waals surface area contributed by atoms with Gasteiger partial charge in [-0.3, -0.25) is 91.1 Å². The van der Waals surface area contributed by atoms with E-state index in [0.717, 1.165) is 30.4 Å². The third-order valence-electron chi connectivity index (χ3n) is 20.2. The number of aliphatic hydroxyl groups excluding tert-OH is 1. The topological polar surface area (TPSA) is 614 Å². The Bertz CT molecular complexity index is 4160. The van der Waals surface area contributed by atoms with Crippen LogP contribution < -0.4 is 95.7 Å². The maximum absolute atomic E-state index is 15.8. The zero-order valence-electron chi connectivity index (χ0n) is 71.2. The van der Waals surface area contributed by atoms with E-state index in [1.54, 1.807) is 65.1 Å². The van der Waals surface area contributed by atoms with Crippen molar-refractivity contribution in [3.8, 4) is 0 Å². The van der Waals surface area contributed by atoms with E-state index in [-0.39, 0.29) is 57.7 Å². The molecule has 0 spiro atoms. The van der Waals surface area contributed by atoms with E-state index < -0.39 is 299 Å². The van der Waals surface area contributed by atoms with E-state index in [1.165, 1.54) is 61.8 Å². The molecule has 3 saturated heterocycles. The number of rotatable bonds is 19. The Balaban J connectivity index is 0.0000318. The molecule has 20 atom stereocenters. The molecule has 3 fully saturated rings. The third-order valence-corrected chi connectivity index (χ3v) is 24.2. The van der Waals surface area contributed by atoms with E-state index in [1.807, 2.05) is 0 Å². The Morgan fingerprint density at radius 1 is 0.561 bits per heavy atom. The Kier molecular flexibility index (Phi) is 43.9. The predicted octanol–water partition coefficient (Wildman–Crippen LogP) is -5.34. The van der Waals surface area contributed by atoms with Gasteiger partial charge in [-0.25, -0.2) is 0 Å². The van der Waals surface area contributed by atoms with E-state index >= 15 is 24.0 Å². The van der Waals surface area contributed by atoms with Crippen LogP contribution in [0, 0.1) is 37.0 Å². The Morgan fingerprint density at radius 3 is 1.74 bits per heavy atom. The first kappa shape index (κ1) is 106. The number of amides is 18. The van der Waals surface area contributed by atoms with Gasteiger partial charge in [-0.1, -0.05) is 86.9 Å². The first-order chi connectivity index (χ1) is 57.4. The van der Waals surface area contributed by atoms with Crippen LogP contribution in [0.5, 0.6) is 0 Å². The smallest absolute Gasteiger partial charge is 0.303 e. The fraction of sp³-hybridized carbons (Fsp3) is 0.615. The molecule has 679 valence electrons. The maximum atomic E-state index is 15.8. The number of aromatic amines is 1. The summed E-state index contributed by atoms with van der Waals surface area (Å²) in [5.41, 5.74) is 1.22. The van der Waals surface area contributed by atoms with Gasteiger partial charge < -0.3 is 129 Å². The molecular weight excluding hydrogens is 1740 g/mol. The molecule has 2 aromatic rings. The minimum Gasteiger partial charge on any atom is -0.481 e. The number of H-pyrrole nitrogens is 1. The molecule has 0 saturated carbocycles. The largest absolute Gasteiger partial charge is 0.481 e. The maximum Gasteiger partial charge on any atom is 0.303 e. The van der Waals surface area contributed by atoms with Crippen LogP contribution in [0.25, 0.3) is 10.9 Å². The summed E-state index contributed by atoms with van der Waals surface area (Å²) < 4.78 is 0. The summed E-state index contributed by atoms with van der Waals surface area (Å²) in [7, 11) is 0. The number of fused-ring (bicyclic) bond motifs is 10. The van der Waals surface area contributed by atoms with E-state index in [0.29, 0.717) is 28.2 Å². The second-order valence-corrected chi connectivity index (χ2v) is 35.0. The second-order valence-electron chi connectivity index (χ2n) is 31.1. The fourth-order valence-corrected chi connectivity index (χ4v) is 15.8. The molecule has 45 heteroatoms. The van der Waals surface area contributed by atoms with Crippen LogP contribution in [0.4, 0.5) is 0 Å². The van der Waals surface area contributed by atoms with Crippen molar-refractivity contribution in [2.45, 2.75) is 236 Å². The van der Waals surface area contributed by atoms with Gasteiger partial charge in [0.05, 0.1) is 19.7 Å². The first-order valence-corrected chi connectivity index (χ1v) is 43.3. The minimum atomic E-state index is -1.92. The summed E-state index contributed by atoms with van der Waals surface area (Å²) >= 11 is 2.36. The molecule has 1 unspecified atom stereocenters. The van der Waals surface area contributed by atoms with E-state index in [4.69, 9.17) is 0 Å². The van der Waals surface area contributed by atoms with Gasteiger partial charge in [-0.2, -0.15) is 42.2 Å². The van der Waals surface area contributed by atoms with Gasteiger partial charge in [-0.05, 0) is 82.0 Å². The Morgan fingerprint density at radius 2 is 1.12 bits per heavy atom. The van der Waals surface area contributed by atoms with Crippen LogP contribution in [0.3, 0.4) is 0 Å². The van der Waals surface area contributed by atoms with Crippen LogP contribution >= 0.6 is 35.3 Å². The number of ketones is 1. The molecule has 4 heterocycles. The number of aromatic nitrogens is 1. The number of Topliss-reactive ketones (excluding diaryl/α,β-unsaturated/α-hetero) is 1. The van der Waals surface area contributed by atoms with Gasteiger partial charge in [0.1, 0.15) is 90.4 Å². The van der Waals surface area contributed by atoms with E-state index in [9.17, 15) is 82.1 Å². The Labute approximate surface area is 750 Å². The summed E-state index contributed by atoms with van der Waals surface area (Å²) in [4.78, 5) is 289. The van der Waals surface area contributed by atoms with Gasteiger partial charge in [0.25, 0.3) is 0 Å². The molecule has 123 heavy (non-hydrogen) atoms. The predicted molar refractivity (Wildman–Crippen MR) is 450 cm³/mol. The SMILES string of the molecule is [CH2-][C@H](NC(=O)[C@H](C)NC(=O)[C@@H]1CS[C@@H](C)[C@H]2NC(=O)[C@H](CC(C)C)NC(=O)[C@H](NC(=O)[C@@H]3CSC[C@H](C)C(=O)N[C@@H](CO)C(=O)NCC(=O)N[C@@H](Cc4c[nH]c5ccccc45)C(=O)N[C@@H](C(C)C)C(=O)N3)[C@H](C)SC[C@H](NC(=O)[C@H](CCC(=O)O)NC(=O)[C@H](C(C)CC)NC2=O)C(=O)NCC(=O)N[C@@H]([CH-]C)C(=O)N[C@@H](C)C(=O)N[C@@H](C)C(=O)N1)C(C)=O.[Y]. The third kappa shape index (κ3) is 33.2. The number of hydrogen-bond donors (Lipinski definition) is 21. The van der Waals surface area contributed by atoms with Gasteiger partial charge in [0.15, 0.2) is 0 Å². The molecule has 21 N–H and O–H groups in total. The number of hydrogen-bond acceptors (Lipinski definition) is 24. The van der Waals surface area contributed by atoms with Gasteiger partial charge >= 0.3 is 5.97 Å². The van der Waals surface area contributed by atoms with Crippen molar-refractivity contribution < 1.29 is 139 Å². The summed E-state index contributed by atoms with van der Waals surface area (Å²) in [5, 5.41) is 63.8. The van der Waals surface area contributed by atoms with Crippen molar-refractivity contribution in [1.82, 2.24) is 101 Å².